The van der Waals surface area contributed by atoms with E-state index in [1.54, 1.807) is 6.07 Å². The number of nitrogens with zero attached hydrogens (tertiary/aromatic N) is 3. The van der Waals surface area contributed by atoms with Crippen molar-refractivity contribution in [2.75, 3.05) is 18.4 Å². The molecule has 1 saturated heterocycles. The molecule has 2 heterocycles. The molecule has 0 aliphatic carbocycles. The fourth-order valence-electron chi connectivity index (χ4n) is 2.72. The summed E-state index contributed by atoms with van der Waals surface area (Å²) in [5.41, 5.74) is 3.80. The van der Waals surface area contributed by atoms with Crippen LogP contribution in [0, 0.1) is 13.8 Å². The van der Waals surface area contributed by atoms with Gasteiger partial charge in [0, 0.05) is 24.8 Å². The maximum atomic E-state index is 12.4. The fourth-order valence-corrected chi connectivity index (χ4v) is 2.72. The van der Waals surface area contributed by atoms with Crippen LogP contribution in [-0.2, 0) is 0 Å². The first kappa shape index (κ1) is 14.5. The molecule has 5 nitrogen and oxygen atoms in total. The number of likely N-dealkylation sites (tertiary alicyclic amines) is 1. The lowest BCUT2D eigenvalue weighted by atomic mass is 10.1. The monoisotopic (exact) mass is 296 g/mol. The highest BCUT2D eigenvalue weighted by molar-refractivity contribution is 5.93. The van der Waals surface area contributed by atoms with Gasteiger partial charge in [-0.15, -0.1) is 0 Å². The molecule has 1 aliphatic rings. The molecule has 0 bridgehead atoms. The summed E-state index contributed by atoms with van der Waals surface area (Å²) >= 11 is 0. The van der Waals surface area contributed by atoms with Crippen LogP contribution < -0.4 is 5.32 Å². The number of carbonyl (C=O) groups is 1. The molecule has 2 aromatic rings. The van der Waals surface area contributed by atoms with Gasteiger partial charge < -0.3 is 10.2 Å². The van der Waals surface area contributed by atoms with E-state index in [4.69, 9.17) is 0 Å². The average molecular weight is 296 g/mol. The molecule has 0 radical (unpaired) electrons. The van der Waals surface area contributed by atoms with Crippen LogP contribution in [0.4, 0.5) is 11.5 Å². The number of hydrogen-bond acceptors (Lipinski definition) is 4. The van der Waals surface area contributed by atoms with Crippen LogP contribution in [0.1, 0.15) is 34.5 Å². The molecule has 0 atom stereocenters. The maximum absolute atomic E-state index is 12.4. The van der Waals surface area contributed by atoms with Crippen LogP contribution in [0.3, 0.4) is 0 Å². The molecule has 1 aromatic heterocycles. The van der Waals surface area contributed by atoms with Crippen LogP contribution in [-0.4, -0.2) is 33.9 Å². The highest BCUT2D eigenvalue weighted by atomic mass is 16.2. The van der Waals surface area contributed by atoms with Gasteiger partial charge in [0.25, 0.3) is 5.91 Å². The van der Waals surface area contributed by atoms with Crippen molar-refractivity contribution >= 4 is 17.4 Å². The number of aryl methyl sites for hydroxylation is 2. The zero-order chi connectivity index (χ0) is 15.5. The number of hydrogen-bond donors (Lipinski definition) is 1. The van der Waals surface area contributed by atoms with Crippen molar-refractivity contribution in [1.82, 2.24) is 14.9 Å². The van der Waals surface area contributed by atoms with Gasteiger partial charge >= 0.3 is 0 Å². The van der Waals surface area contributed by atoms with E-state index in [-0.39, 0.29) is 5.91 Å². The lowest BCUT2D eigenvalue weighted by Gasteiger charge is -2.15. The van der Waals surface area contributed by atoms with E-state index in [0.717, 1.165) is 37.2 Å². The summed E-state index contributed by atoms with van der Waals surface area (Å²) < 4.78 is 0. The Morgan fingerprint density at radius 3 is 2.64 bits per heavy atom. The van der Waals surface area contributed by atoms with Gasteiger partial charge in [0.05, 0.1) is 0 Å². The van der Waals surface area contributed by atoms with E-state index in [2.05, 4.69) is 28.3 Å². The molecular formula is C17H20N4O. The van der Waals surface area contributed by atoms with Gasteiger partial charge in [-0.2, -0.15) is 0 Å². The van der Waals surface area contributed by atoms with Crippen molar-refractivity contribution < 1.29 is 4.79 Å². The van der Waals surface area contributed by atoms with E-state index in [0.29, 0.717) is 11.5 Å². The van der Waals surface area contributed by atoms with Crippen molar-refractivity contribution in [2.45, 2.75) is 26.7 Å². The fraction of sp³-hybridized carbons (Fsp3) is 0.353. The van der Waals surface area contributed by atoms with E-state index >= 15 is 0 Å². The Labute approximate surface area is 130 Å². The number of aromatic nitrogens is 2. The highest BCUT2D eigenvalue weighted by Crippen LogP contribution is 2.21. The molecule has 1 fully saturated rings. The van der Waals surface area contributed by atoms with Gasteiger partial charge in [0.1, 0.15) is 17.8 Å². The summed E-state index contributed by atoms with van der Waals surface area (Å²) in [5, 5.41) is 3.26. The summed E-state index contributed by atoms with van der Waals surface area (Å²) in [6.45, 7) is 5.76. The normalized spacial score (nSPS) is 14.2. The third kappa shape index (κ3) is 3.08. The van der Waals surface area contributed by atoms with E-state index in [1.165, 1.54) is 11.9 Å². The van der Waals surface area contributed by atoms with Gasteiger partial charge in [-0.05, 0) is 38.3 Å². The minimum atomic E-state index is -0.0106. The van der Waals surface area contributed by atoms with E-state index in [9.17, 15) is 4.79 Å². The second-order valence-electron chi connectivity index (χ2n) is 5.73. The molecule has 1 N–H and O–H groups in total. The summed E-state index contributed by atoms with van der Waals surface area (Å²) in [6.07, 6.45) is 3.59. The van der Waals surface area contributed by atoms with Gasteiger partial charge in [-0.3, -0.25) is 4.79 Å². The number of amides is 1. The zero-order valence-corrected chi connectivity index (χ0v) is 13.0. The SMILES string of the molecule is Cc1ccc(Nc2cc(C(=O)N3CCCC3)ncn2)c(C)c1. The van der Waals surface area contributed by atoms with Crippen molar-refractivity contribution in [1.29, 1.82) is 0 Å². The predicted octanol–water partition coefficient (Wildman–Crippen LogP) is 3.07. The highest BCUT2D eigenvalue weighted by Gasteiger charge is 2.20. The lowest BCUT2D eigenvalue weighted by Crippen LogP contribution is -2.28. The topological polar surface area (TPSA) is 58.1 Å². The van der Waals surface area contributed by atoms with E-state index in [1.807, 2.05) is 24.0 Å². The van der Waals surface area contributed by atoms with Crippen molar-refractivity contribution in [3.63, 3.8) is 0 Å². The maximum Gasteiger partial charge on any atom is 0.272 e. The van der Waals surface area contributed by atoms with Crippen molar-refractivity contribution in [3.8, 4) is 0 Å². The molecule has 22 heavy (non-hydrogen) atoms. The van der Waals surface area contributed by atoms with Crippen LogP contribution >= 0.6 is 0 Å². The Hall–Kier alpha value is -2.43. The standard InChI is InChI=1S/C17H20N4O/c1-12-5-6-14(13(2)9-12)20-16-10-15(18-11-19-16)17(22)21-7-3-4-8-21/h5-6,9-11H,3-4,7-8H2,1-2H3,(H,18,19,20). The first-order chi connectivity index (χ1) is 10.6. The van der Waals surface area contributed by atoms with Gasteiger partial charge in [0.2, 0.25) is 0 Å². The summed E-state index contributed by atoms with van der Waals surface area (Å²) in [4.78, 5) is 22.6. The van der Waals surface area contributed by atoms with Crippen molar-refractivity contribution in [2.24, 2.45) is 0 Å². The Morgan fingerprint density at radius 1 is 1.14 bits per heavy atom. The van der Waals surface area contributed by atoms with Gasteiger partial charge in [0.15, 0.2) is 0 Å². The quantitative estimate of drug-likeness (QED) is 0.945. The van der Waals surface area contributed by atoms with Crippen LogP contribution in [0.15, 0.2) is 30.6 Å². The summed E-state index contributed by atoms with van der Waals surface area (Å²) in [6, 6.07) is 7.90. The van der Waals surface area contributed by atoms with Crippen LogP contribution in [0.25, 0.3) is 0 Å². The molecule has 1 aliphatic heterocycles. The Morgan fingerprint density at radius 2 is 1.91 bits per heavy atom. The smallest absolute Gasteiger partial charge is 0.272 e. The van der Waals surface area contributed by atoms with E-state index < -0.39 is 0 Å². The second kappa shape index (κ2) is 6.13. The minimum Gasteiger partial charge on any atom is -0.340 e. The summed E-state index contributed by atoms with van der Waals surface area (Å²) in [5.74, 6) is 0.632. The number of nitrogens with one attached hydrogen (secondary N) is 1. The molecule has 3 rings (SSSR count). The van der Waals surface area contributed by atoms with Gasteiger partial charge in [-0.1, -0.05) is 17.7 Å². The third-order valence-corrected chi connectivity index (χ3v) is 3.92. The molecule has 0 saturated carbocycles. The number of benzene rings is 1. The number of carbonyl (C=O) groups excluding carboxylic acids is 1. The Kier molecular flexibility index (Phi) is 4.04. The average Bonchev–Trinajstić information content (AvgIpc) is 3.04. The molecule has 0 spiro atoms. The Balaban J connectivity index is 1.80. The largest absolute Gasteiger partial charge is 0.340 e. The molecule has 114 valence electrons. The molecule has 1 amide bonds. The molecule has 5 heteroatoms. The third-order valence-electron chi connectivity index (χ3n) is 3.92. The molecule has 0 unspecified atom stereocenters. The zero-order valence-electron chi connectivity index (χ0n) is 13.0. The first-order valence-corrected chi connectivity index (χ1v) is 7.59. The van der Waals surface area contributed by atoms with Crippen LogP contribution in [0.2, 0.25) is 0 Å². The summed E-state index contributed by atoms with van der Waals surface area (Å²) in [7, 11) is 0. The molecule has 1 aromatic carbocycles. The number of rotatable bonds is 3. The minimum absolute atomic E-state index is 0.0106. The Bertz CT molecular complexity index is 693. The number of anilines is 2. The second-order valence-corrected chi connectivity index (χ2v) is 5.73. The molecular weight excluding hydrogens is 276 g/mol. The first-order valence-electron chi connectivity index (χ1n) is 7.59. The van der Waals surface area contributed by atoms with Gasteiger partial charge in [-0.25, -0.2) is 9.97 Å². The van der Waals surface area contributed by atoms with Crippen LogP contribution in [0.5, 0.6) is 0 Å². The van der Waals surface area contributed by atoms with Crippen molar-refractivity contribution in [3.05, 3.63) is 47.4 Å². The predicted molar refractivity (Wildman–Crippen MR) is 86.4 cm³/mol. The lowest BCUT2D eigenvalue weighted by molar-refractivity contribution is 0.0787.